The lowest BCUT2D eigenvalue weighted by Crippen LogP contribution is -2.31. The number of urea groups is 1. The van der Waals surface area contributed by atoms with Crippen LogP contribution in [0.15, 0.2) is 48.5 Å². The molecule has 2 aromatic carbocycles. The highest BCUT2D eigenvalue weighted by Gasteiger charge is 2.13. The van der Waals surface area contributed by atoms with Crippen molar-refractivity contribution in [2.75, 3.05) is 5.32 Å². The third kappa shape index (κ3) is 3.82. The van der Waals surface area contributed by atoms with E-state index >= 15 is 0 Å². The number of aryl methyl sites for hydroxylation is 1. The van der Waals surface area contributed by atoms with E-state index in [1.165, 1.54) is 12.1 Å². The molecule has 6 heteroatoms. The molecule has 0 bridgehead atoms. The number of anilines is 1. The number of nitrogens with zero attached hydrogens (tertiary/aromatic N) is 1. The second-order valence-corrected chi connectivity index (χ2v) is 4.99. The number of hydrogen-bond acceptors (Lipinski definition) is 3. The zero-order chi connectivity index (χ0) is 16.1. The molecule has 0 radical (unpaired) electrons. The van der Waals surface area contributed by atoms with Crippen LogP contribution in [0.4, 0.5) is 16.2 Å². The molecular weight excluding hydrogens is 282 g/mol. The van der Waals surface area contributed by atoms with Gasteiger partial charge in [-0.25, -0.2) is 4.79 Å². The fraction of sp³-hybridized carbons (Fsp3) is 0.188. The number of carbonyl (C=O) groups is 1. The van der Waals surface area contributed by atoms with E-state index in [0.29, 0.717) is 5.69 Å². The Morgan fingerprint density at radius 1 is 1.18 bits per heavy atom. The summed E-state index contributed by atoms with van der Waals surface area (Å²) in [6, 6.07) is 13.3. The van der Waals surface area contributed by atoms with Crippen molar-refractivity contribution in [2.24, 2.45) is 0 Å². The molecule has 114 valence electrons. The van der Waals surface area contributed by atoms with E-state index in [2.05, 4.69) is 10.6 Å². The third-order valence-corrected chi connectivity index (χ3v) is 3.33. The van der Waals surface area contributed by atoms with Gasteiger partial charge in [-0.15, -0.1) is 0 Å². The third-order valence-electron chi connectivity index (χ3n) is 3.33. The first-order valence-electron chi connectivity index (χ1n) is 6.85. The number of nitro groups is 1. The van der Waals surface area contributed by atoms with Gasteiger partial charge in [0.05, 0.1) is 16.7 Å². The molecule has 2 amide bonds. The van der Waals surface area contributed by atoms with E-state index in [4.69, 9.17) is 0 Å². The quantitative estimate of drug-likeness (QED) is 0.665. The van der Waals surface area contributed by atoms with Crippen LogP contribution in [0, 0.1) is 17.0 Å². The minimum absolute atomic E-state index is 0.0583. The average molecular weight is 299 g/mol. The molecule has 2 aromatic rings. The summed E-state index contributed by atoms with van der Waals surface area (Å²) in [5, 5.41) is 16.2. The van der Waals surface area contributed by atoms with Gasteiger partial charge in [0, 0.05) is 12.1 Å². The highest BCUT2D eigenvalue weighted by atomic mass is 16.6. The Bertz CT molecular complexity index is 686. The van der Waals surface area contributed by atoms with Crippen LogP contribution >= 0.6 is 0 Å². The summed E-state index contributed by atoms with van der Waals surface area (Å²) < 4.78 is 0. The molecule has 0 heterocycles. The van der Waals surface area contributed by atoms with Crippen LogP contribution < -0.4 is 10.6 Å². The van der Waals surface area contributed by atoms with Crippen LogP contribution in [0.25, 0.3) is 0 Å². The van der Waals surface area contributed by atoms with Gasteiger partial charge in [-0.05, 0) is 25.0 Å². The Morgan fingerprint density at radius 2 is 1.86 bits per heavy atom. The fourth-order valence-electron chi connectivity index (χ4n) is 2.04. The summed E-state index contributed by atoms with van der Waals surface area (Å²) in [5.74, 6) is 0. The first-order chi connectivity index (χ1) is 10.5. The number of hydrogen-bond donors (Lipinski definition) is 2. The lowest BCUT2D eigenvalue weighted by molar-refractivity contribution is -0.384. The number of nitro benzene ring substituents is 1. The van der Waals surface area contributed by atoms with Gasteiger partial charge in [0.2, 0.25) is 0 Å². The van der Waals surface area contributed by atoms with E-state index in [1.807, 2.05) is 37.3 Å². The summed E-state index contributed by atoms with van der Waals surface area (Å²) in [5.41, 5.74) is 2.10. The van der Waals surface area contributed by atoms with Crippen molar-refractivity contribution in [2.45, 2.75) is 19.9 Å². The van der Waals surface area contributed by atoms with Crippen molar-refractivity contribution in [3.05, 3.63) is 69.8 Å². The number of nitrogens with one attached hydrogen (secondary N) is 2. The molecule has 0 aliphatic rings. The molecule has 0 saturated heterocycles. The van der Waals surface area contributed by atoms with Crippen LogP contribution in [0.5, 0.6) is 0 Å². The van der Waals surface area contributed by atoms with Crippen molar-refractivity contribution in [3.63, 3.8) is 0 Å². The molecule has 0 unspecified atom stereocenters. The molecule has 0 aliphatic carbocycles. The Balaban J connectivity index is 2.06. The molecule has 0 aliphatic heterocycles. The standard InChI is InChI=1S/C16H17N3O3/c1-11-8-9-14(19(21)22)10-15(11)18-16(20)17-12(2)13-6-4-3-5-7-13/h3-10,12H,1-2H3,(H2,17,18,20)/t12-/m0/s1. The van der Waals surface area contributed by atoms with Gasteiger partial charge < -0.3 is 10.6 Å². The summed E-state index contributed by atoms with van der Waals surface area (Å²) in [6.45, 7) is 3.65. The minimum atomic E-state index is -0.491. The summed E-state index contributed by atoms with van der Waals surface area (Å²) in [6.07, 6.45) is 0. The highest BCUT2D eigenvalue weighted by Crippen LogP contribution is 2.22. The van der Waals surface area contributed by atoms with Gasteiger partial charge in [-0.3, -0.25) is 10.1 Å². The Kier molecular flexibility index (Phi) is 4.73. The number of rotatable bonds is 4. The molecule has 0 saturated carbocycles. The SMILES string of the molecule is Cc1ccc([N+](=O)[O-])cc1NC(=O)N[C@@H](C)c1ccccc1. The maximum atomic E-state index is 12.0. The predicted molar refractivity (Wildman–Crippen MR) is 84.8 cm³/mol. The van der Waals surface area contributed by atoms with Crippen molar-refractivity contribution in [3.8, 4) is 0 Å². The molecule has 1 atom stereocenters. The molecular formula is C16H17N3O3. The molecule has 22 heavy (non-hydrogen) atoms. The lowest BCUT2D eigenvalue weighted by Gasteiger charge is -2.15. The Labute approximate surface area is 128 Å². The van der Waals surface area contributed by atoms with Crippen LogP contribution in [-0.4, -0.2) is 11.0 Å². The van der Waals surface area contributed by atoms with Gasteiger partial charge in [-0.2, -0.15) is 0 Å². The zero-order valence-corrected chi connectivity index (χ0v) is 12.4. The largest absolute Gasteiger partial charge is 0.331 e. The van der Waals surface area contributed by atoms with Gasteiger partial charge in [-0.1, -0.05) is 36.4 Å². The van der Waals surface area contributed by atoms with Gasteiger partial charge in [0.25, 0.3) is 5.69 Å². The van der Waals surface area contributed by atoms with Crippen LogP contribution in [0.2, 0.25) is 0 Å². The van der Waals surface area contributed by atoms with Gasteiger partial charge >= 0.3 is 6.03 Å². The van der Waals surface area contributed by atoms with Crippen molar-refractivity contribution < 1.29 is 9.72 Å². The highest BCUT2D eigenvalue weighted by molar-refractivity contribution is 5.90. The van der Waals surface area contributed by atoms with E-state index in [-0.39, 0.29) is 11.7 Å². The van der Waals surface area contributed by atoms with E-state index in [0.717, 1.165) is 11.1 Å². The number of non-ortho nitro benzene ring substituents is 1. The van der Waals surface area contributed by atoms with E-state index < -0.39 is 11.0 Å². The van der Waals surface area contributed by atoms with E-state index in [1.54, 1.807) is 13.0 Å². The van der Waals surface area contributed by atoms with Gasteiger partial charge in [0.15, 0.2) is 0 Å². The van der Waals surface area contributed by atoms with Crippen LogP contribution in [0.1, 0.15) is 24.1 Å². The Morgan fingerprint density at radius 3 is 2.50 bits per heavy atom. The molecule has 0 aromatic heterocycles. The summed E-state index contributed by atoms with van der Waals surface area (Å²) in [4.78, 5) is 22.3. The first kappa shape index (κ1) is 15.5. The maximum absolute atomic E-state index is 12.0. The maximum Gasteiger partial charge on any atom is 0.319 e. The van der Waals surface area contributed by atoms with Crippen molar-refractivity contribution >= 4 is 17.4 Å². The van der Waals surface area contributed by atoms with Crippen LogP contribution in [0.3, 0.4) is 0 Å². The molecule has 0 spiro atoms. The molecule has 2 N–H and O–H groups in total. The van der Waals surface area contributed by atoms with Crippen molar-refractivity contribution in [1.29, 1.82) is 0 Å². The molecule has 0 fully saturated rings. The normalized spacial score (nSPS) is 11.5. The number of amides is 2. The predicted octanol–water partition coefficient (Wildman–Crippen LogP) is 3.79. The second kappa shape index (κ2) is 6.71. The monoisotopic (exact) mass is 299 g/mol. The zero-order valence-electron chi connectivity index (χ0n) is 12.4. The second-order valence-electron chi connectivity index (χ2n) is 4.99. The molecule has 2 rings (SSSR count). The van der Waals surface area contributed by atoms with Gasteiger partial charge in [0.1, 0.15) is 0 Å². The lowest BCUT2D eigenvalue weighted by atomic mass is 10.1. The summed E-state index contributed by atoms with van der Waals surface area (Å²) in [7, 11) is 0. The smallest absolute Gasteiger partial charge is 0.319 e. The van der Waals surface area contributed by atoms with E-state index in [9.17, 15) is 14.9 Å². The fourth-order valence-corrected chi connectivity index (χ4v) is 2.04. The Hall–Kier alpha value is -2.89. The number of carbonyl (C=O) groups excluding carboxylic acids is 1. The average Bonchev–Trinajstić information content (AvgIpc) is 2.50. The first-order valence-corrected chi connectivity index (χ1v) is 6.85. The van der Waals surface area contributed by atoms with Crippen molar-refractivity contribution in [1.82, 2.24) is 5.32 Å². The minimum Gasteiger partial charge on any atom is -0.331 e. The molecule has 6 nitrogen and oxygen atoms in total. The number of benzene rings is 2. The summed E-state index contributed by atoms with van der Waals surface area (Å²) >= 11 is 0. The van der Waals surface area contributed by atoms with Crippen LogP contribution in [-0.2, 0) is 0 Å². The topological polar surface area (TPSA) is 84.3 Å².